The molecule has 0 saturated heterocycles. The van der Waals surface area contributed by atoms with Gasteiger partial charge in [0.15, 0.2) is 0 Å². The second kappa shape index (κ2) is 6.39. The lowest BCUT2D eigenvalue weighted by molar-refractivity contribution is 0.0830. The van der Waals surface area contributed by atoms with Crippen molar-refractivity contribution >= 4 is 27.5 Å². The molecule has 1 aromatic carbocycles. The number of halogens is 1. The Morgan fingerprint density at radius 1 is 1.24 bits per heavy atom. The van der Waals surface area contributed by atoms with Crippen molar-refractivity contribution in [1.82, 2.24) is 5.32 Å². The summed E-state index contributed by atoms with van der Waals surface area (Å²) >= 11 is 3.39. The van der Waals surface area contributed by atoms with Crippen LogP contribution >= 0.6 is 15.9 Å². The highest BCUT2D eigenvalue weighted by Gasteiger charge is 2.35. The number of nitrogens with two attached hydrogens (primary N) is 1. The molecule has 3 N–H and O–H groups in total. The minimum Gasteiger partial charge on any atom is -0.399 e. The summed E-state index contributed by atoms with van der Waals surface area (Å²) in [6, 6.07) is 5.61. The van der Waals surface area contributed by atoms with Gasteiger partial charge in [-0.25, -0.2) is 0 Å². The van der Waals surface area contributed by atoms with Gasteiger partial charge in [-0.1, -0.05) is 49.5 Å². The fourth-order valence-electron chi connectivity index (χ4n) is 3.34. The summed E-state index contributed by atoms with van der Waals surface area (Å²) in [7, 11) is 0. The molecule has 3 nitrogen and oxygen atoms in total. The largest absolute Gasteiger partial charge is 0.399 e. The van der Waals surface area contributed by atoms with Gasteiger partial charge in [0.2, 0.25) is 0 Å². The van der Waals surface area contributed by atoms with Crippen LogP contribution in [0.3, 0.4) is 0 Å². The number of anilines is 1. The van der Waals surface area contributed by atoms with Crippen LogP contribution in [0.4, 0.5) is 5.69 Å². The second-order valence-corrected chi connectivity index (χ2v) is 8.03. The van der Waals surface area contributed by atoms with Crippen molar-refractivity contribution in [3.63, 3.8) is 0 Å². The Morgan fingerprint density at radius 3 is 2.52 bits per heavy atom. The zero-order valence-electron chi connectivity index (χ0n) is 13.1. The lowest BCUT2D eigenvalue weighted by atomic mass is 9.69. The smallest absolute Gasteiger partial charge is 0.251 e. The summed E-state index contributed by atoms with van der Waals surface area (Å²) in [5.74, 6) is 0.504. The molecule has 4 heteroatoms. The quantitative estimate of drug-likeness (QED) is 0.776. The minimum absolute atomic E-state index is 0.0239. The van der Waals surface area contributed by atoms with Gasteiger partial charge in [0.05, 0.1) is 0 Å². The highest BCUT2D eigenvalue weighted by atomic mass is 79.9. The zero-order valence-corrected chi connectivity index (χ0v) is 14.7. The predicted molar refractivity (Wildman–Crippen MR) is 91.2 cm³/mol. The number of nitrogen functional groups attached to an aromatic ring is 1. The Kier molecular flexibility index (Phi) is 4.97. The number of carbonyl (C=O) groups excluding carboxylic acids is 1. The van der Waals surface area contributed by atoms with Gasteiger partial charge in [-0.2, -0.15) is 0 Å². The molecule has 1 amide bonds. The molecule has 1 saturated carbocycles. The molecule has 2 atom stereocenters. The Morgan fingerprint density at radius 2 is 1.90 bits per heavy atom. The van der Waals surface area contributed by atoms with E-state index in [1.54, 1.807) is 12.1 Å². The molecule has 0 bridgehead atoms. The first kappa shape index (κ1) is 16.3. The fraction of sp³-hybridized carbons (Fsp3) is 0.588. The minimum atomic E-state index is -0.0239. The van der Waals surface area contributed by atoms with E-state index >= 15 is 0 Å². The van der Waals surface area contributed by atoms with Gasteiger partial charge in [-0.15, -0.1) is 0 Å². The predicted octanol–water partition coefficient (Wildman–Crippen LogP) is 4.37. The van der Waals surface area contributed by atoms with Crippen LogP contribution in [0.1, 0.15) is 56.8 Å². The first-order valence-electron chi connectivity index (χ1n) is 7.64. The van der Waals surface area contributed by atoms with E-state index in [2.05, 4.69) is 42.0 Å². The maximum Gasteiger partial charge on any atom is 0.251 e. The van der Waals surface area contributed by atoms with Crippen LogP contribution in [0.25, 0.3) is 0 Å². The number of carbonyl (C=O) groups is 1. The van der Waals surface area contributed by atoms with Crippen molar-refractivity contribution in [3.8, 4) is 0 Å². The molecule has 2 unspecified atom stereocenters. The third-order valence-electron chi connectivity index (χ3n) is 4.38. The third kappa shape index (κ3) is 4.22. The molecule has 116 valence electrons. The van der Waals surface area contributed by atoms with Gasteiger partial charge < -0.3 is 11.1 Å². The second-order valence-electron chi connectivity index (χ2n) is 7.11. The summed E-state index contributed by atoms with van der Waals surface area (Å²) in [5, 5.41) is 3.23. The first-order valence-corrected chi connectivity index (χ1v) is 8.43. The van der Waals surface area contributed by atoms with E-state index in [0.717, 1.165) is 10.9 Å². The van der Waals surface area contributed by atoms with Crippen LogP contribution in [-0.4, -0.2) is 11.9 Å². The average Bonchev–Trinajstić information content (AvgIpc) is 2.37. The number of nitrogens with one attached hydrogen (secondary N) is 1. The van der Waals surface area contributed by atoms with E-state index in [-0.39, 0.29) is 17.4 Å². The van der Waals surface area contributed by atoms with E-state index in [9.17, 15) is 4.79 Å². The molecule has 1 aromatic rings. The van der Waals surface area contributed by atoms with Gasteiger partial charge >= 0.3 is 0 Å². The standard InChI is InChI=1S/C17H25BrN2O/c1-17(2,3)14-6-4-5-7-15(14)20-16(21)11-8-12(18)10-13(19)9-11/h8-10,14-15H,4-7,19H2,1-3H3,(H,20,21). The van der Waals surface area contributed by atoms with Gasteiger partial charge in [0.25, 0.3) is 5.91 Å². The third-order valence-corrected chi connectivity index (χ3v) is 4.83. The zero-order chi connectivity index (χ0) is 15.6. The molecule has 2 rings (SSSR count). The summed E-state index contributed by atoms with van der Waals surface area (Å²) in [4.78, 5) is 12.5. The average molecular weight is 353 g/mol. The maximum absolute atomic E-state index is 12.5. The van der Waals surface area contributed by atoms with Crippen molar-refractivity contribution in [3.05, 3.63) is 28.2 Å². The lowest BCUT2D eigenvalue weighted by Gasteiger charge is -2.40. The Balaban J connectivity index is 2.13. The number of benzene rings is 1. The highest BCUT2D eigenvalue weighted by molar-refractivity contribution is 9.10. The Hall–Kier alpha value is -1.03. The monoisotopic (exact) mass is 352 g/mol. The van der Waals surface area contributed by atoms with Gasteiger partial charge in [0.1, 0.15) is 0 Å². The number of hydrogen-bond donors (Lipinski definition) is 2. The molecule has 1 aliphatic rings. The molecule has 1 aliphatic carbocycles. The fourth-order valence-corrected chi connectivity index (χ4v) is 3.85. The van der Waals surface area contributed by atoms with Crippen LogP contribution in [0.15, 0.2) is 22.7 Å². The van der Waals surface area contributed by atoms with Crippen molar-refractivity contribution < 1.29 is 4.79 Å². The topological polar surface area (TPSA) is 55.1 Å². The first-order chi connectivity index (χ1) is 9.77. The molecule has 0 radical (unpaired) electrons. The van der Waals surface area contributed by atoms with E-state index in [0.29, 0.717) is 17.2 Å². The molecule has 0 heterocycles. The summed E-state index contributed by atoms with van der Waals surface area (Å²) in [6.45, 7) is 6.79. The molecule has 21 heavy (non-hydrogen) atoms. The number of rotatable bonds is 2. The maximum atomic E-state index is 12.5. The summed E-state index contributed by atoms with van der Waals surface area (Å²) in [6.07, 6.45) is 4.71. The van der Waals surface area contributed by atoms with Crippen molar-refractivity contribution in [1.29, 1.82) is 0 Å². The molecule has 0 aromatic heterocycles. The summed E-state index contributed by atoms with van der Waals surface area (Å²) in [5.41, 5.74) is 7.26. The Bertz CT molecular complexity index is 502. The van der Waals surface area contributed by atoms with Gasteiger partial charge in [0, 0.05) is 21.8 Å². The van der Waals surface area contributed by atoms with E-state index in [1.807, 2.05) is 6.07 Å². The van der Waals surface area contributed by atoms with E-state index < -0.39 is 0 Å². The van der Waals surface area contributed by atoms with Crippen molar-refractivity contribution in [2.75, 3.05) is 5.73 Å². The van der Waals surface area contributed by atoms with Crippen LogP contribution in [0.5, 0.6) is 0 Å². The van der Waals surface area contributed by atoms with E-state index in [4.69, 9.17) is 5.73 Å². The molecular formula is C17H25BrN2O. The van der Waals surface area contributed by atoms with Crippen LogP contribution < -0.4 is 11.1 Å². The number of amides is 1. The van der Waals surface area contributed by atoms with E-state index in [1.165, 1.54) is 19.3 Å². The van der Waals surface area contributed by atoms with Crippen molar-refractivity contribution in [2.45, 2.75) is 52.5 Å². The number of hydrogen-bond acceptors (Lipinski definition) is 2. The van der Waals surface area contributed by atoms with Crippen LogP contribution in [0, 0.1) is 11.3 Å². The highest BCUT2D eigenvalue weighted by Crippen LogP contribution is 2.38. The molecule has 0 spiro atoms. The van der Waals surface area contributed by atoms with Gasteiger partial charge in [-0.05, 0) is 42.4 Å². The lowest BCUT2D eigenvalue weighted by Crippen LogP contribution is -2.46. The molecule has 1 fully saturated rings. The van der Waals surface area contributed by atoms with Crippen LogP contribution in [-0.2, 0) is 0 Å². The molecule has 0 aliphatic heterocycles. The SMILES string of the molecule is CC(C)(C)C1CCCCC1NC(=O)c1cc(N)cc(Br)c1. The molecular weight excluding hydrogens is 328 g/mol. The van der Waals surface area contributed by atoms with Crippen LogP contribution in [0.2, 0.25) is 0 Å². The normalized spacial score (nSPS) is 22.9. The van der Waals surface area contributed by atoms with Crippen molar-refractivity contribution in [2.24, 2.45) is 11.3 Å². The summed E-state index contributed by atoms with van der Waals surface area (Å²) < 4.78 is 0.837. The Labute approximate surface area is 135 Å². The van der Waals surface area contributed by atoms with Gasteiger partial charge in [-0.3, -0.25) is 4.79 Å².